The van der Waals surface area contributed by atoms with Gasteiger partial charge in [0, 0.05) is 23.7 Å². The minimum absolute atomic E-state index is 0.0518. The summed E-state index contributed by atoms with van der Waals surface area (Å²) in [7, 11) is 0. The molecular formula is C22H25ClN2O2. The van der Waals surface area contributed by atoms with Gasteiger partial charge in [-0.1, -0.05) is 55.8 Å². The van der Waals surface area contributed by atoms with Crippen LogP contribution in [0.15, 0.2) is 48.5 Å². The summed E-state index contributed by atoms with van der Waals surface area (Å²) in [4.78, 5) is 27.4. The third kappa shape index (κ3) is 4.69. The Kier molecular flexibility index (Phi) is 6.17. The molecule has 1 unspecified atom stereocenters. The largest absolute Gasteiger partial charge is 0.354 e. The van der Waals surface area contributed by atoms with Gasteiger partial charge in [0.25, 0.3) is 5.91 Å². The number of amides is 2. The van der Waals surface area contributed by atoms with Crippen molar-refractivity contribution in [2.45, 2.75) is 39.3 Å². The van der Waals surface area contributed by atoms with Crippen LogP contribution in [0.25, 0.3) is 0 Å². The monoisotopic (exact) mass is 384 g/mol. The molecule has 1 N–H and O–H groups in total. The molecule has 0 spiro atoms. The van der Waals surface area contributed by atoms with E-state index in [2.05, 4.69) is 19.2 Å². The Balaban J connectivity index is 1.65. The molecule has 4 nitrogen and oxygen atoms in total. The van der Waals surface area contributed by atoms with Crippen molar-refractivity contribution in [1.82, 2.24) is 10.2 Å². The summed E-state index contributed by atoms with van der Waals surface area (Å²) in [6.45, 7) is 5.17. The summed E-state index contributed by atoms with van der Waals surface area (Å²) < 4.78 is 0. The number of carbonyl (C=O) groups excluding carboxylic acids is 2. The van der Waals surface area contributed by atoms with Gasteiger partial charge in [-0.15, -0.1) is 0 Å². The number of rotatable bonds is 7. The fraction of sp³-hybridized carbons (Fsp3) is 0.364. The van der Waals surface area contributed by atoms with Crippen LogP contribution in [0.5, 0.6) is 0 Å². The maximum absolute atomic E-state index is 12.9. The number of hydrogen-bond donors (Lipinski definition) is 1. The van der Waals surface area contributed by atoms with Crippen LogP contribution in [0.4, 0.5) is 0 Å². The third-order valence-corrected chi connectivity index (χ3v) is 5.10. The van der Waals surface area contributed by atoms with Crippen molar-refractivity contribution >= 4 is 23.4 Å². The van der Waals surface area contributed by atoms with Gasteiger partial charge in [-0.05, 0) is 48.1 Å². The lowest BCUT2D eigenvalue weighted by Gasteiger charge is -2.28. The van der Waals surface area contributed by atoms with E-state index < -0.39 is 6.04 Å². The molecule has 2 aromatic carbocycles. The molecule has 0 aliphatic carbocycles. The molecule has 0 bridgehead atoms. The fourth-order valence-corrected chi connectivity index (χ4v) is 3.58. The molecule has 1 aliphatic heterocycles. The van der Waals surface area contributed by atoms with Crippen LogP contribution >= 0.6 is 11.6 Å². The van der Waals surface area contributed by atoms with Gasteiger partial charge in [-0.2, -0.15) is 0 Å². The van der Waals surface area contributed by atoms with Gasteiger partial charge in [0.2, 0.25) is 5.91 Å². The van der Waals surface area contributed by atoms with Crippen molar-refractivity contribution in [3.63, 3.8) is 0 Å². The molecule has 1 heterocycles. The molecule has 0 radical (unpaired) electrons. The summed E-state index contributed by atoms with van der Waals surface area (Å²) >= 11 is 5.90. The zero-order chi connectivity index (χ0) is 19.4. The number of hydrogen-bond acceptors (Lipinski definition) is 2. The highest BCUT2D eigenvalue weighted by Gasteiger charge is 2.36. The zero-order valence-corrected chi connectivity index (χ0v) is 16.5. The zero-order valence-electron chi connectivity index (χ0n) is 15.7. The summed E-state index contributed by atoms with van der Waals surface area (Å²) in [6.07, 6.45) is 1.37. The summed E-state index contributed by atoms with van der Waals surface area (Å²) in [5, 5.41) is 3.71. The van der Waals surface area contributed by atoms with E-state index in [1.54, 1.807) is 4.90 Å². The molecule has 0 saturated carbocycles. The Morgan fingerprint density at radius 3 is 2.52 bits per heavy atom. The average Bonchev–Trinajstić information content (AvgIpc) is 2.98. The van der Waals surface area contributed by atoms with Crippen LogP contribution in [0.2, 0.25) is 5.02 Å². The number of benzene rings is 2. The topological polar surface area (TPSA) is 49.4 Å². The first-order chi connectivity index (χ1) is 13.0. The molecule has 3 rings (SSSR count). The van der Waals surface area contributed by atoms with E-state index in [1.807, 2.05) is 48.5 Å². The van der Waals surface area contributed by atoms with E-state index in [-0.39, 0.29) is 11.8 Å². The van der Waals surface area contributed by atoms with Crippen molar-refractivity contribution < 1.29 is 9.59 Å². The van der Waals surface area contributed by atoms with E-state index in [4.69, 9.17) is 11.6 Å². The van der Waals surface area contributed by atoms with Crippen LogP contribution in [0.1, 0.15) is 41.8 Å². The number of nitrogens with one attached hydrogen (secondary N) is 1. The van der Waals surface area contributed by atoms with Crippen LogP contribution in [-0.2, 0) is 17.8 Å². The normalized spacial score (nSPS) is 14.4. The SMILES string of the molecule is CC(C)CC(C(=O)NCCc1ccc(Cl)cc1)N1Cc2ccccc2C1=O. The van der Waals surface area contributed by atoms with Gasteiger partial charge in [0.15, 0.2) is 0 Å². The fourth-order valence-electron chi connectivity index (χ4n) is 3.45. The molecule has 1 aliphatic rings. The predicted octanol–water partition coefficient (Wildman–Crippen LogP) is 4.07. The van der Waals surface area contributed by atoms with Gasteiger partial charge in [0.1, 0.15) is 6.04 Å². The highest BCUT2D eigenvalue weighted by Crippen LogP contribution is 2.26. The Hall–Kier alpha value is -2.33. The van der Waals surface area contributed by atoms with Gasteiger partial charge in [-0.3, -0.25) is 9.59 Å². The second kappa shape index (κ2) is 8.57. The molecule has 0 fully saturated rings. The van der Waals surface area contributed by atoms with Crippen LogP contribution in [0, 0.1) is 5.92 Å². The standard InChI is InChI=1S/C22H25ClN2O2/c1-15(2)13-20(25-14-17-5-3-4-6-19(17)22(25)27)21(26)24-12-11-16-7-9-18(23)10-8-16/h3-10,15,20H,11-14H2,1-2H3,(H,24,26). The van der Waals surface area contributed by atoms with E-state index in [0.29, 0.717) is 36.0 Å². The first kappa shape index (κ1) is 19.4. The Labute approximate surface area is 165 Å². The maximum atomic E-state index is 12.9. The first-order valence-electron chi connectivity index (χ1n) is 9.36. The second-order valence-electron chi connectivity index (χ2n) is 7.40. The number of carbonyl (C=O) groups is 2. The highest BCUT2D eigenvalue weighted by atomic mass is 35.5. The smallest absolute Gasteiger partial charge is 0.255 e. The third-order valence-electron chi connectivity index (χ3n) is 4.85. The van der Waals surface area contributed by atoms with Gasteiger partial charge in [0.05, 0.1) is 0 Å². The Bertz CT molecular complexity index is 817. The molecule has 5 heteroatoms. The van der Waals surface area contributed by atoms with Crippen molar-refractivity contribution in [3.8, 4) is 0 Å². The molecular weight excluding hydrogens is 360 g/mol. The number of fused-ring (bicyclic) bond motifs is 1. The molecule has 0 aromatic heterocycles. The molecule has 0 saturated heterocycles. The highest BCUT2D eigenvalue weighted by molar-refractivity contribution is 6.30. The first-order valence-corrected chi connectivity index (χ1v) is 9.74. The molecule has 27 heavy (non-hydrogen) atoms. The van der Waals surface area contributed by atoms with Crippen molar-refractivity contribution in [1.29, 1.82) is 0 Å². The molecule has 2 amide bonds. The minimum atomic E-state index is -0.449. The van der Waals surface area contributed by atoms with E-state index >= 15 is 0 Å². The van der Waals surface area contributed by atoms with E-state index in [1.165, 1.54) is 0 Å². The number of halogens is 1. The van der Waals surface area contributed by atoms with Gasteiger partial charge < -0.3 is 10.2 Å². The number of nitrogens with zero attached hydrogens (tertiary/aromatic N) is 1. The van der Waals surface area contributed by atoms with Crippen LogP contribution in [0.3, 0.4) is 0 Å². The summed E-state index contributed by atoms with van der Waals surface area (Å²) in [5.41, 5.74) is 2.82. The summed E-state index contributed by atoms with van der Waals surface area (Å²) in [5.74, 6) is 0.177. The molecule has 142 valence electrons. The quantitative estimate of drug-likeness (QED) is 0.782. The lowest BCUT2D eigenvalue weighted by Crippen LogP contribution is -2.48. The predicted molar refractivity (Wildman–Crippen MR) is 108 cm³/mol. The van der Waals surface area contributed by atoms with Gasteiger partial charge >= 0.3 is 0 Å². The molecule has 2 aromatic rings. The van der Waals surface area contributed by atoms with Crippen molar-refractivity contribution in [3.05, 3.63) is 70.2 Å². The Morgan fingerprint density at radius 1 is 1.15 bits per heavy atom. The maximum Gasteiger partial charge on any atom is 0.255 e. The minimum Gasteiger partial charge on any atom is -0.354 e. The lowest BCUT2D eigenvalue weighted by atomic mass is 10.0. The lowest BCUT2D eigenvalue weighted by molar-refractivity contribution is -0.126. The van der Waals surface area contributed by atoms with Crippen LogP contribution in [-0.4, -0.2) is 29.3 Å². The molecule has 1 atom stereocenters. The van der Waals surface area contributed by atoms with E-state index in [9.17, 15) is 9.59 Å². The summed E-state index contributed by atoms with van der Waals surface area (Å²) in [6, 6.07) is 14.8. The second-order valence-corrected chi connectivity index (χ2v) is 7.84. The Morgan fingerprint density at radius 2 is 1.85 bits per heavy atom. The van der Waals surface area contributed by atoms with Gasteiger partial charge in [-0.25, -0.2) is 0 Å². The van der Waals surface area contributed by atoms with Crippen LogP contribution < -0.4 is 5.32 Å². The van der Waals surface area contributed by atoms with E-state index in [0.717, 1.165) is 17.5 Å². The van der Waals surface area contributed by atoms with Crippen molar-refractivity contribution in [2.24, 2.45) is 5.92 Å². The average molecular weight is 385 g/mol. The van der Waals surface area contributed by atoms with Crippen molar-refractivity contribution in [2.75, 3.05) is 6.54 Å².